The van der Waals surface area contributed by atoms with Crippen molar-refractivity contribution in [2.24, 2.45) is 0 Å². The highest BCUT2D eigenvalue weighted by Gasteiger charge is 2.24. The lowest BCUT2D eigenvalue weighted by molar-refractivity contribution is 0.389. The lowest BCUT2D eigenvalue weighted by atomic mass is 10.1. The van der Waals surface area contributed by atoms with E-state index in [0.717, 1.165) is 12.2 Å². The zero-order chi connectivity index (χ0) is 15.1. The lowest BCUT2D eigenvalue weighted by Gasteiger charge is -2.24. The van der Waals surface area contributed by atoms with Crippen LogP contribution in [0.15, 0.2) is 18.2 Å². The third-order valence-corrected chi connectivity index (χ3v) is 3.47. The summed E-state index contributed by atoms with van der Waals surface area (Å²) < 4.78 is 15.2. The molecule has 2 rings (SSSR count). The molecule has 0 amide bonds. The second-order valence-corrected chi connectivity index (χ2v) is 6.15. The van der Waals surface area contributed by atoms with Crippen LogP contribution in [-0.4, -0.2) is 9.55 Å². The van der Waals surface area contributed by atoms with E-state index in [9.17, 15) is 4.39 Å². The molecule has 0 aliphatic rings. The van der Waals surface area contributed by atoms with Gasteiger partial charge in [0, 0.05) is 17.5 Å². The lowest BCUT2D eigenvalue weighted by Crippen LogP contribution is -2.25. The topological polar surface area (TPSA) is 43.8 Å². The molecule has 0 atom stereocenters. The fourth-order valence-electron chi connectivity index (χ4n) is 2.35. The van der Waals surface area contributed by atoms with Crippen LogP contribution in [-0.2, 0) is 12.0 Å². The Labute approximate surface area is 123 Å². The van der Waals surface area contributed by atoms with Crippen LogP contribution in [0.1, 0.15) is 33.5 Å². The van der Waals surface area contributed by atoms with Crippen LogP contribution in [0.3, 0.4) is 0 Å². The molecule has 0 saturated heterocycles. The highest BCUT2D eigenvalue weighted by molar-refractivity contribution is 6.33. The maximum absolute atomic E-state index is 13.2. The van der Waals surface area contributed by atoms with Gasteiger partial charge in [-0.2, -0.15) is 0 Å². The first-order chi connectivity index (χ1) is 9.25. The van der Waals surface area contributed by atoms with Crippen molar-refractivity contribution in [1.82, 2.24) is 9.55 Å². The Hall–Kier alpha value is -1.55. The Morgan fingerprint density at radius 2 is 2.00 bits per heavy atom. The molecule has 0 aliphatic heterocycles. The summed E-state index contributed by atoms with van der Waals surface area (Å²) in [6.07, 6.45) is 0.764. The molecule has 0 saturated carbocycles. The van der Waals surface area contributed by atoms with Gasteiger partial charge < -0.3 is 10.3 Å². The first kappa shape index (κ1) is 14.9. The second-order valence-electron chi connectivity index (χ2n) is 5.75. The van der Waals surface area contributed by atoms with Crippen molar-refractivity contribution >= 4 is 17.4 Å². The number of nitrogen functional groups attached to an aromatic ring is 1. The van der Waals surface area contributed by atoms with Gasteiger partial charge in [0.15, 0.2) is 0 Å². The van der Waals surface area contributed by atoms with Crippen molar-refractivity contribution in [3.8, 4) is 11.3 Å². The molecule has 108 valence electrons. The summed E-state index contributed by atoms with van der Waals surface area (Å²) in [4.78, 5) is 4.59. The van der Waals surface area contributed by atoms with Gasteiger partial charge in [0.1, 0.15) is 23.2 Å². The number of hydrogen-bond acceptors (Lipinski definition) is 2. The van der Waals surface area contributed by atoms with E-state index in [-0.39, 0.29) is 11.4 Å². The average Bonchev–Trinajstić information content (AvgIpc) is 2.66. The van der Waals surface area contributed by atoms with E-state index in [2.05, 4.69) is 25.8 Å². The van der Waals surface area contributed by atoms with E-state index < -0.39 is 0 Å². The number of hydrogen-bond donors (Lipinski definition) is 1. The number of aryl methyl sites for hydroxylation is 1. The summed E-state index contributed by atoms with van der Waals surface area (Å²) in [5, 5.41) is 0.318. The van der Waals surface area contributed by atoms with Crippen LogP contribution in [0, 0.1) is 5.82 Å². The van der Waals surface area contributed by atoms with E-state index >= 15 is 0 Å². The van der Waals surface area contributed by atoms with Gasteiger partial charge in [0.05, 0.1) is 5.02 Å². The minimum absolute atomic E-state index is 0.173. The number of imidazole rings is 1. The highest BCUT2D eigenvalue weighted by Crippen LogP contribution is 2.35. The number of aromatic nitrogens is 2. The van der Waals surface area contributed by atoms with E-state index in [1.165, 1.54) is 12.1 Å². The monoisotopic (exact) mass is 295 g/mol. The smallest absolute Gasteiger partial charge is 0.132 e. The molecule has 1 aromatic heterocycles. The van der Waals surface area contributed by atoms with Gasteiger partial charge in [-0.25, -0.2) is 9.37 Å². The number of rotatable bonds is 2. The van der Waals surface area contributed by atoms with Gasteiger partial charge >= 0.3 is 0 Å². The summed E-state index contributed by atoms with van der Waals surface area (Å²) in [6, 6.07) is 4.25. The third kappa shape index (κ3) is 2.52. The van der Waals surface area contributed by atoms with E-state index in [1.54, 1.807) is 6.07 Å². The van der Waals surface area contributed by atoms with Crippen molar-refractivity contribution in [3.63, 3.8) is 0 Å². The quantitative estimate of drug-likeness (QED) is 0.900. The fraction of sp³-hybridized carbons (Fsp3) is 0.400. The van der Waals surface area contributed by atoms with Crippen LogP contribution in [0.4, 0.5) is 10.2 Å². The Kier molecular flexibility index (Phi) is 3.78. The maximum atomic E-state index is 13.2. The van der Waals surface area contributed by atoms with E-state index in [4.69, 9.17) is 17.3 Å². The zero-order valence-electron chi connectivity index (χ0n) is 12.2. The predicted octanol–water partition coefficient (Wildman–Crippen LogP) is 4.24. The van der Waals surface area contributed by atoms with Crippen molar-refractivity contribution in [2.45, 2.75) is 39.7 Å². The van der Waals surface area contributed by atoms with Crippen molar-refractivity contribution < 1.29 is 4.39 Å². The average molecular weight is 296 g/mol. The zero-order valence-corrected chi connectivity index (χ0v) is 12.9. The molecule has 0 fully saturated rings. The largest absolute Gasteiger partial charge is 0.383 e. The molecular weight excluding hydrogens is 277 g/mol. The Bertz CT molecular complexity index is 641. The standard InChI is InChI=1S/C15H19ClFN3/c1-5-12-19-13(14(18)20(12)15(2,3)4)10-7-6-9(17)8-11(10)16/h6-8H,5,18H2,1-4H3. The predicted molar refractivity (Wildman–Crippen MR) is 81.4 cm³/mol. The summed E-state index contributed by atoms with van der Waals surface area (Å²) in [6.45, 7) is 8.24. The molecule has 2 N–H and O–H groups in total. The number of benzene rings is 1. The van der Waals surface area contributed by atoms with Crippen molar-refractivity contribution in [2.75, 3.05) is 5.73 Å². The molecule has 0 bridgehead atoms. The van der Waals surface area contributed by atoms with Gasteiger partial charge in [0.2, 0.25) is 0 Å². The maximum Gasteiger partial charge on any atom is 0.132 e. The minimum atomic E-state index is -0.372. The number of halogens is 2. The molecule has 0 unspecified atom stereocenters. The van der Waals surface area contributed by atoms with Gasteiger partial charge in [-0.3, -0.25) is 0 Å². The third-order valence-electron chi connectivity index (χ3n) is 3.16. The first-order valence-corrected chi connectivity index (χ1v) is 6.96. The highest BCUT2D eigenvalue weighted by atomic mass is 35.5. The molecule has 2 aromatic rings. The molecule has 0 spiro atoms. The Morgan fingerprint density at radius 1 is 1.35 bits per heavy atom. The minimum Gasteiger partial charge on any atom is -0.383 e. The fourth-order valence-corrected chi connectivity index (χ4v) is 2.60. The van der Waals surface area contributed by atoms with Crippen molar-refractivity contribution in [3.05, 3.63) is 34.9 Å². The number of anilines is 1. The van der Waals surface area contributed by atoms with Gasteiger partial charge in [-0.15, -0.1) is 0 Å². The summed E-state index contributed by atoms with van der Waals surface area (Å²) in [7, 11) is 0. The van der Waals surface area contributed by atoms with Gasteiger partial charge in [-0.1, -0.05) is 18.5 Å². The van der Waals surface area contributed by atoms with E-state index in [1.807, 2.05) is 11.5 Å². The van der Waals surface area contributed by atoms with Crippen LogP contribution in [0.5, 0.6) is 0 Å². The molecular formula is C15H19ClFN3. The molecule has 5 heteroatoms. The molecule has 1 aromatic carbocycles. The van der Waals surface area contributed by atoms with Crippen LogP contribution < -0.4 is 5.73 Å². The first-order valence-electron chi connectivity index (χ1n) is 6.58. The SMILES string of the molecule is CCc1nc(-c2ccc(F)cc2Cl)c(N)n1C(C)(C)C. The molecule has 1 heterocycles. The summed E-state index contributed by atoms with van der Waals surface area (Å²) in [5.41, 5.74) is 7.35. The van der Waals surface area contributed by atoms with Gasteiger partial charge in [-0.05, 0) is 39.0 Å². The van der Waals surface area contributed by atoms with Crippen LogP contribution >= 0.6 is 11.6 Å². The Balaban J connectivity index is 2.67. The molecule has 20 heavy (non-hydrogen) atoms. The molecule has 0 aliphatic carbocycles. The van der Waals surface area contributed by atoms with Crippen LogP contribution in [0.25, 0.3) is 11.3 Å². The number of nitrogens with two attached hydrogens (primary N) is 1. The second kappa shape index (κ2) is 5.09. The normalized spacial score (nSPS) is 11.9. The van der Waals surface area contributed by atoms with E-state index in [0.29, 0.717) is 22.1 Å². The van der Waals surface area contributed by atoms with Gasteiger partial charge in [0.25, 0.3) is 0 Å². The summed E-state index contributed by atoms with van der Waals surface area (Å²) >= 11 is 6.11. The molecule has 3 nitrogen and oxygen atoms in total. The number of nitrogens with zero attached hydrogens (tertiary/aromatic N) is 2. The van der Waals surface area contributed by atoms with Crippen molar-refractivity contribution in [1.29, 1.82) is 0 Å². The molecule has 0 radical (unpaired) electrons. The summed E-state index contributed by atoms with van der Waals surface area (Å²) in [5.74, 6) is 1.08. The van der Waals surface area contributed by atoms with Crippen LogP contribution in [0.2, 0.25) is 5.02 Å². The Morgan fingerprint density at radius 3 is 2.45 bits per heavy atom.